The minimum atomic E-state index is 0.0483. The van der Waals surface area contributed by atoms with Gasteiger partial charge in [0.2, 0.25) is 5.91 Å². The third-order valence-electron chi connectivity index (χ3n) is 5.56. The fourth-order valence-electron chi connectivity index (χ4n) is 3.90. The Hall–Kier alpha value is -1.34. The quantitative estimate of drug-likeness (QED) is 0.767. The van der Waals surface area contributed by atoms with Gasteiger partial charge in [-0.3, -0.25) is 9.69 Å². The third kappa shape index (κ3) is 5.57. The molecule has 0 atom stereocenters. The summed E-state index contributed by atoms with van der Waals surface area (Å²) in [5.41, 5.74) is 0. The van der Waals surface area contributed by atoms with Crippen LogP contribution in [0.1, 0.15) is 38.5 Å². The number of urea groups is 1. The van der Waals surface area contributed by atoms with E-state index in [1.807, 2.05) is 9.80 Å². The zero-order valence-corrected chi connectivity index (χ0v) is 15.3. The highest BCUT2D eigenvalue weighted by Gasteiger charge is 2.26. The number of rotatable bonds is 3. The van der Waals surface area contributed by atoms with Crippen molar-refractivity contribution >= 4 is 11.9 Å². The Morgan fingerprint density at radius 2 is 1.44 bits per heavy atom. The molecule has 2 heterocycles. The van der Waals surface area contributed by atoms with Gasteiger partial charge in [0.05, 0.1) is 19.8 Å². The lowest BCUT2D eigenvalue weighted by Crippen LogP contribution is -2.56. The van der Waals surface area contributed by atoms with Gasteiger partial charge in [0.25, 0.3) is 0 Å². The van der Waals surface area contributed by atoms with Gasteiger partial charge in [0.1, 0.15) is 0 Å². The van der Waals surface area contributed by atoms with Crippen molar-refractivity contribution in [3.05, 3.63) is 0 Å². The smallest absolute Gasteiger partial charge is 0.317 e. The van der Waals surface area contributed by atoms with Crippen molar-refractivity contribution in [2.75, 3.05) is 59.0 Å². The van der Waals surface area contributed by atoms with Gasteiger partial charge in [-0.1, -0.05) is 25.7 Å². The number of carbonyl (C=O) groups is 2. The number of nitrogens with zero attached hydrogens (tertiary/aromatic N) is 3. The predicted octanol–water partition coefficient (Wildman–Crippen LogP) is 0.895. The van der Waals surface area contributed by atoms with Crippen molar-refractivity contribution in [1.82, 2.24) is 20.0 Å². The Labute approximate surface area is 150 Å². The number of hydrogen-bond donors (Lipinski definition) is 1. The molecular formula is C18H32N4O3. The van der Waals surface area contributed by atoms with Crippen LogP contribution >= 0.6 is 0 Å². The molecule has 2 saturated heterocycles. The first-order valence-electron chi connectivity index (χ1n) is 9.86. The van der Waals surface area contributed by atoms with Gasteiger partial charge in [-0.05, 0) is 12.8 Å². The van der Waals surface area contributed by atoms with Gasteiger partial charge in [-0.2, -0.15) is 0 Å². The molecule has 1 saturated carbocycles. The van der Waals surface area contributed by atoms with Crippen LogP contribution in [0.5, 0.6) is 0 Å². The fourth-order valence-corrected chi connectivity index (χ4v) is 3.90. The summed E-state index contributed by atoms with van der Waals surface area (Å²) in [4.78, 5) is 30.8. The fraction of sp³-hybridized carbons (Fsp3) is 0.889. The van der Waals surface area contributed by atoms with Crippen LogP contribution in [0.25, 0.3) is 0 Å². The van der Waals surface area contributed by atoms with Crippen molar-refractivity contribution in [1.29, 1.82) is 0 Å². The number of ether oxygens (including phenoxy) is 1. The van der Waals surface area contributed by atoms with E-state index in [4.69, 9.17) is 4.74 Å². The topological polar surface area (TPSA) is 65.1 Å². The largest absolute Gasteiger partial charge is 0.379 e. The van der Waals surface area contributed by atoms with E-state index >= 15 is 0 Å². The Bertz CT molecular complexity index is 438. The molecule has 0 aromatic heterocycles. The minimum absolute atomic E-state index is 0.0483. The van der Waals surface area contributed by atoms with Crippen molar-refractivity contribution in [3.8, 4) is 0 Å². The van der Waals surface area contributed by atoms with E-state index in [9.17, 15) is 9.59 Å². The monoisotopic (exact) mass is 352 g/mol. The first kappa shape index (κ1) is 18.5. The van der Waals surface area contributed by atoms with Gasteiger partial charge < -0.3 is 19.9 Å². The molecule has 0 aromatic carbocycles. The van der Waals surface area contributed by atoms with Crippen molar-refractivity contribution in [3.63, 3.8) is 0 Å². The molecular weight excluding hydrogens is 320 g/mol. The maximum absolute atomic E-state index is 12.5. The van der Waals surface area contributed by atoms with Crippen LogP contribution in [0.15, 0.2) is 0 Å². The molecule has 7 nitrogen and oxygen atoms in total. The van der Waals surface area contributed by atoms with E-state index in [2.05, 4.69) is 10.2 Å². The van der Waals surface area contributed by atoms with Crippen LogP contribution in [0.3, 0.4) is 0 Å². The molecule has 3 fully saturated rings. The predicted molar refractivity (Wildman–Crippen MR) is 95.4 cm³/mol. The van der Waals surface area contributed by atoms with Gasteiger partial charge >= 0.3 is 6.03 Å². The highest BCUT2D eigenvalue weighted by molar-refractivity contribution is 5.79. The molecule has 2 aliphatic heterocycles. The Kier molecular flexibility index (Phi) is 6.93. The lowest BCUT2D eigenvalue weighted by Gasteiger charge is -2.36. The van der Waals surface area contributed by atoms with E-state index in [0.717, 1.165) is 25.9 Å². The Morgan fingerprint density at radius 1 is 0.840 bits per heavy atom. The van der Waals surface area contributed by atoms with Crippen molar-refractivity contribution in [2.24, 2.45) is 0 Å². The third-order valence-corrected chi connectivity index (χ3v) is 5.56. The number of piperazine rings is 1. The molecule has 3 rings (SSSR count). The average Bonchev–Trinajstić information content (AvgIpc) is 2.91. The molecule has 3 amide bonds. The first-order chi connectivity index (χ1) is 12.2. The Balaban J connectivity index is 1.38. The summed E-state index contributed by atoms with van der Waals surface area (Å²) in [5, 5.41) is 3.20. The second-order valence-electron chi connectivity index (χ2n) is 7.39. The summed E-state index contributed by atoms with van der Waals surface area (Å²) in [6.07, 6.45) is 7.21. The molecule has 7 heteroatoms. The second-order valence-corrected chi connectivity index (χ2v) is 7.39. The second kappa shape index (κ2) is 9.38. The maximum Gasteiger partial charge on any atom is 0.317 e. The van der Waals surface area contributed by atoms with E-state index in [1.165, 1.54) is 25.7 Å². The van der Waals surface area contributed by atoms with Crippen LogP contribution in [-0.4, -0.2) is 91.7 Å². The first-order valence-corrected chi connectivity index (χ1v) is 9.86. The molecule has 3 aliphatic rings. The van der Waals surface area contributed by atoms with Crippen LogP contribution in [0.2, 0.25) is 0 Å². The van der Waals surface area contributed by atoms with Crippen LogP contribution in [0, 0.1) is 0 Å². The number of morpholine rings is 1. The number of hydrogen-bond acceptors (Lipinski definition) is 4. The van der Waals surface area contributed by atoms with E-state index < -0.39 is 0 Å². The molecule has 1 N–H and O–H groups in total. The molecule has 0 spiro atoms. The molecule has 1 aliphatic carbocycles. The normalized spacial score (nSPS) is 24.0. The molecule has 0 aromatic rings. The van der Waals surface area contributed by atoms with Crippen molar-refractivity contribution < 1.29 is 14.3 Å². The Morgan fingerprint density at radius 3 is 2.08 bits per heavy atom. The van der Waals surface area contributed by atoms with Gasteiger partial charge in [-0.25, -0.2) is 4.79 Å². The average molecular weight is 352 g/mol. The highest BCUT2D eigenvalue weighted by Crippen LogP contribution is 2.17. The molecule has 25 heavy (non-hydrogen) atoms. The lowest BCUT2D eigenvalue weighted by molar-refractivity contribution is -0.134. The van der Waals surface area contributed by atoms with E-state index in [-0.39, 0.29) is 11.9 Å². The lowest BCUT2D eigenvalue weighted by atomic mass is 10.1. The zero-order valence-electron chi connectivity index (χ0n) is 15.3. The van der Waals surface area contributed by atoms with E-state index in [0.29, 0.717) is 52.0 Å². The molecule has 142 valence electrons. The van der Waals surface area contributed by atoms with Crippen molar-refractivity contribution in [2.45, 2.75) is 44.6 Å². The van der Waals surface area contributed by atoms with Crippen LogP contribution < -0.4 is 5.32 Å². The summed E-state index contributed by atoms with van der Waals surface area (Å²) in [7, 11) is 0. The van der Waals surface area contributed by atoms with Crippen LogP contribution in [0.4, 0.5) is 4.79 Å². The summed E-state index contributed by atoms with van der Waals surface area (Å²) >= 11 is 0. The minimum Gasteiger partial charge on any atom is -0.379 e. The van der Waals surface area contributed by atoms with Crippen LogP contribution in [-0.2, 0) is 9.53 Å². The molecule has 0 unspecified atom stereocenters. The molecule has 0 bridgehead atoms. The van der Waals surface area contributed by atoms with Gasteiger partial charge in [0, 0.05) is 45.3 Å². The number of amides is 3. The summed E-state index contributed by atoms with van der Waals surface area (Å²) in [5.74, 6) is 0.172. The van der Waals surface area contributed by atoms with Gasteiger partial charge in [0.15, 0.2) is 0 Å². The highest BCUT2D eigenvalue weighted by atomic mass is 16.5. The number of carbonyl (C=O) groups excluding carboxylic acids is 2. The molecule has 0 radical (unpaired) electrons. The summed E-state index contributed by atoms with van der Waals surface area (Å²) in [6.45, 7) is 6.09. The standard InChI is InChI=1S/C18H32N4O3/c23-17(15-20-11-13-25-14-12-20)21-7-9-22(10-8-21)18(24)19-16-5-3-1-2-4-6-16/h16H,1-15H2,(H,19,24). The van der Waals surface area contributed by atoms with Gasteiger partial charge in [-0.15, -0.1) is 0 Å². The van der Waals surface area contributed by atoms with E-state index in [1.54, 1.807) is 0 Å². The zero-order chi connectivity index (χ0) is 17.5. The summed E-state index contributed by atoms with van der Waals surface area (Å²) in [6, 6.07) is 0.378. The summed E-state index contributed by atoms with van der Waals surface area (Å²) < 4.78 is 5.32. The number of nitrogens with one attached hydrogen (secondary N) is 1. The SMILES string of the molecule is O=C(CN1CCOCC1)N1CCN(C(=O)NC2CCCCCC2)CC1. The maximum atomic E-state index is 12.5.